The maximum absolute atomic E-state index is 3.20. The minimum atomic E-state index is 0.762. The van der Waals surface area contributed by atoms with Crippen LogP contribution >= 0.6 is 11.8 Å². The summed E-state index contributed by atoms with van der Waals surface area (Å²) in [6.45, 7) is 7.89. The maximum Gasteiger partial charge on any atom is 0.0172 e. The Morgan fingerprint density at radius 2 is 2.00 bits per heavy atom. The SMILES string of the molecule is CCC(CNC)SC(C)C. The van der Waals surface area contributed by atoms with E-state index in [0.29, 0.717) is 0 Å². The molecular weight excluding hydrogens is 142 g/mol. The third-order valence-corrected chi connectivity index (χ3v) is 2.78. The first-order valence-corrected chi connectivity index (χ1v) is 4.95. The van der Waals surface area contributed by atoms with Crippen LogP contribution in [0.5, 0.6) is 0 Å². The van der Waals surface area contributed by atoms with Gasteiger partial charge >= 0.3 is 0 Å². The van der Waals surface area contributed by atoms with Crippen LogP contribution in [0.1, 0.15) is 27.2 Å². The van der Waals surface area contributed by atoms with Gasteiger partial charge in [0, 0.05) is 11.8 Å². The van der Waals surface area contributed by atoms with E-state index in [1.54, 1.807) is 0 Å². The third kappa shape index (κ3) is 5.12. The Balaban J connectivity index is 3.39. The van der Waals surface area contributed by atoms with Gasteiger partial charge in [-0.25, -0.2) is 0 Å². The molecule has 0 bridgehead atoms. The first-order chi connectivity index (χ1) is 4.70. The lowest BCUT2D eigenvalue weighted by Crippen LogP contribution is -2.21. The van der Waals surface area contributed by atoms with Crippen molar-refractivity contribution in [3.05, 3.63) is 0 Å². The van der Waals surface area contributed by atoms with E-state index in [0.717, 1.165) is 17.0 Å². The van der Waals surface area contributed by atoms with Gasteiger partial charge in [0.1, 0.15) is 0 Å². The number of hydrogen-bond donors (Lipinski definition) is 1. The van der Waals surface area contributed by atoms with E-state index in [2.05, 4.69) is 37.8 Å². The Morgan fingerprint density at radius 1 is 1.40 bits per heavy atom. The Labute approximate surface area is 69.0 Å². The molecule has 0 aromatic carbocycles. The van der Waals surface area contributed by atoms with Gasteiger partial charge in [-0.1, -0.05) is 20.8 Å². The van der Waals surface area contributed by atoms with Gasteiger partial charge in [0.05, 0.1) is 0 Å². The van der Waals surface area contributed by atoms with Crippen LogP contribution in [0.4, 0.5) is 0 Å². The van der Waals surface area contributed by atoms with E-state index in [4.69, 9.17) is 0 Å². The molecule has 1 unspecified atom stereocenters. The summed E-state index contributed by atoms with van der Waals surface area (Å²) in [5.74, 6) is 0. The Morgan fingerprint density at radius 3 is 2.30 bits per heavy atom. The highest BCUT2D eigenvalue weighted by Gasteiger charge is 2.06. The van der Waals surface area contributed by atoms with Crippen molar-refractivity contribution >= 4 is 11.8 Å². The summed E-state index contributed by atoms with van der Waals surface area (Å²) < 4.78 is 0. The molecule has 10 heavy (non-hydrogen) atoms. The molecule has 0 heterocycles. The molecule has 0 fully saturated rings. The van der Waals surface area contributed by atoms with Gasteiger partial charge in [0.25, 0.3) is 0 Å². The van der Waals surface area contributed by atoms with Gasteiger partial charge in [-0.15, -0.1) is 0 Å². The fourth-order valence-electron chi connectivity index (χ4n) is 0.901. The minimum absolute atomic E-state index is 0.762. The molecule has 1 N–H and O–H groups in total. The van der Waals surface area contributed by atoms with Gasteiger partial charge in [-0.2, -0.15) is 11.8 Å². The second-order valence-corrected chi connectivity index (χ2v) is 4.65. The molecule has 1 atom stereocenters. The summed E-state index contributed by atoms with van der Waals surface area (Å²) in [5.41, 5.74) is 0. The van der Waals surface area contributed by atoms with Gasteiger partial charge in [0.15, 0.2) is 0 Å². The van der Waals surface area contributed by atoms with Crippen molar-refractivity contribution in [2.75, 3.05) is 13.6 Å². The molecule has 0 aromatic heterocycles. The molecule has 0 spiro atoms. The second-order valence-electron chi connectivity index (χ2n) is 2.77. The molecule has 0 radical (unpaired) electrons. The van der Waals surface area contributed by atoms with Crippen molar-refractivity contribution in [2.24, 2.45) is 0 Å². The maximum atomic E-state index is 3.20. The lowest BCUT2D eigenvalue weighted by molar-refractivity contribution is 0.723. The monoisotopic (exact) mass is 161 g/mol. The van der Waals surface area contributed by atoms with Crippen LogP contribution in [0.25, 0.3) is 0 Å². The topological polar surface area (TPSA) is 12.0 Å². The molecule has 0 aliphatic heterocycles. The number of nitrogens with one attached hydrogen (secondary N) is 1. The van der Waals surface area contributed by atoms with Crippen molar-refractivity contribution in [1.29, 1.82) is 0 Å². The predicted octanol–water partition coefficient (Wildman–Crippen LogP) is 2.13. The van der Waals surface area contributed by atoms with Crippen LogP contribution in [0, 0.1) is 0 Å². The zero-order valence-corrected chi connectivity index (χ0v) is 8.29. The zero-order chi connectivity index (χ0) is 7.98. The van der Waals surface area contributed by atoms with Crippen LogP contribution in [0.15, 0.2) is 0 Å². The molecule has 0 saturated heterocycles. The van der Waals surface area contributed by atoms with E-state index in [-0.39, 0.29) is 0 Å². The van der Waals surface area contributed by atoms with E-state index in [1.165, 1.54) is 6.42 Å². The van der Waals surface area contributed by atoms with Crippen LogP contribution in [-0.2, 0) is 0 Å². The normalized spacial score (nSPS) is 14.1. The highest BCUT2D eigenvalue weighted by atomic mass is 32.2. The molecule has 0 saturated carbocycles. The second kappa shape index (κ2) is 6.05. The zero-order valence-electron chi connectivity index (χ0n) is 7.48. The van der Waals surface area contributed by atoms with E-state index in [9.17, 15) is 0 Å². The first kappa shape index (κ1) is 10.3. The Hall–Kier alpha value is 0.310. The standard InChI is InChI=1S/C8H19NS/c1-5-8(6-9-4)10-7(2)3/h7-9H,5-6H2,1-4H3. The average molecular weight is 161 g/mol. The molecule has 1 nitrogen and oxygen atoms in total. The van der Waals surface area contributed by atoms with E-state index < -0.39 is 0 Å². The van der Waals surface area contributed by atoms with Crippen LogP contribution in [0.3, 0.4) is 0 Å². The van der Waals surface area contributed by atoms with Crippen molar-refractivity contribution in [3.63, 3.8) is 0 Å². The Kier molecular flexibility index (Phi) is 6.24. The summed E-state index contributed by atoms with van der Waals surface area (Å²) >= 11 is 2.06. The van der Waals surface area contributed by atoms with Crippen LogP contribution in [-0.4, -0.2) is 24.1 Å². The van der Waals surface area contributed by atoms with Gasteiger partial charge in [-0.3, -0.25) is 0 Å². The molecule has 2 heteroatoms. The molecule has 0 rings (SSSR count). The smallest absolute Gasteiger partial charge is 0.0172 e. The lowest BCUT2D eigenvalue weighted by Gasteiger charge is -2.15. The first-order valence-electron chi connectivity index (χ1n) is 4.00. The number of hydrogen-bond acceptors (Lipinski definition) is 2. The van der Waals surface area contributed by atoms with Gasteiger partial charge in [-0.05, 0) is 18.7 Å². The van der Waals surface area contributed by atoms with Crippen LogP contribution < -0.4 is 5.32 Å². The highest BCUT2D eigenvalue weighted by molar-refractivity contribution is 8.00. The molecular formula is C8H19NS. The summed E-state index contributed by atoms with van der Waals surface area (Å²) in [4.78, 5) is 0. The van der Waals surface area contributed by atoms with Gasteiger partial charge in [0.2, 0.25) is 0 Å². The third-order valence-electron chi connectivity index (χ3n) is 1.35. The fraction of sp³-hybridized carbons (Fsp3) is 1.00. The average Bonchev–Trinajstić information content (AvgIpc) is 1.86. The van der Waals surface area contributed by atoms with E-state index in [1.807, 2.05) is 7.05 Å². The van der Waals surface area contributed by atoms with E-state index >= 15 is 0 Å². The van der Waals surface area contributed by atoms with Crippen molar-refractivity contribution in [1.82, 2.24) is 5.32 Å². The van der Waals surface area contributed by atoms with Crippen molar-refractivity contribution in [3.8, 4) is 0 Å². The van der Waals surface area contributed by atoms with Crippen molar-refractivity contribution in [2.45, 2.75) is 37.7 Å². The molecule has 0 aliphatic carbocycles. The summed E-state index contributed by atoms with van der Waals surface area (Å²) in [6.07, 6.45) is 1.27. The summed E-state index contributed by atoms with van der Waals surface area (Å²) in [6, 6.07) is 0. The fourth-order valence-corrected chi connectivity index (χ4v) is 2.13. The quantitative estimate of drug-likeness (QED) is 0.663. The summed E-state index contributed by atoms with van der Waals surface area (Å²) in [5, 5.41) is 4.76. The predicted molar refractivity (Wildman–Crippen MR) is 50.7 cm³/mol. The molecule has 0 aromatic rings. The van der Waals surface area contributed by atoms with Crippen molar-refractivity contribution < 1.29 is 0 Å². The van der Waals surface area contributed by atoms with Gasteiger partial charge < -0.3 is 5.32 Å². The lowest BCUT2D eigenvalue weighted by atomic mass is 10.3. The highest BCUT2D eigenvalue weighted by Crippen LogP contribution is 2.18. The number of rotatable bonds is 5. The number of thioether (sulfide) groups is 1. The molecule has 0 amide bonds. The largest absolute Gasteiger partial charge is 0.319 e. The minimum Gasteiger partial charge on any atom is -0.319 e. The summed E-state index contributed by atoms with van der Waals surface area (Å²) in [7, 11) is 2.02. The molecule has 62 valence electrons. The van der Waals surface area contributed by atoms with Crippen LogP contribution in [0.2, 0.25) is 0 Å². The molecule has 0 aliphatic rings. The Bertz CT molecular complexity index is 73.7.